The Balaban J connectivity index is 0.00000363. The highest BCUT2D eigenvalue weighted by Gasteiger charge is 2.25. The van der Waals surface area contributed by atoms with E-state index < -0.39 is 0 Å². The van der Waals surface area contributed by atoms with Crippen molar-refractivity contribution in [1.82, 2.24) is 20.4 Å². The minimum absolute atomic E-state index is 0. The van der Waals surface area contributed by atoms with Crippen molar-refractivity contribution in [3.8, 4) is 5.75 Å². The van der Waals surface area contributed by atoms with Crippen molar-refractivity contribution in [1.29, 1.82) is 0 Å². The van der Waals surface area contributed by atoms with E-state index in [1.54, 1.807) is 19.2 Å². The van der Waals surface area contributed by atoms with Crippen LogP contribution in [0.2, 0.25) is 0 Å². The molecule has 2 fully saturated rings. The number of hydrogen-bond acceptors (Lipinski definition) is 4. The van der Waals surface area contributed by atoms with Crippen molar-refractivity contribution in [3.05, 3.63) is 29.6 Å². The smallest absolute Gasteiger partial charge is 0.191 e. The minimum Gasteiger partial charge on any atom is -0.490 e. The second-order valence-electron chi connectivity index (χ2n) is 9.41. The summed E-state index contributed by atoms with van der Waals surface area (Å²) < 4.78 is 20.1. The fourth-order valence-corrected chi connectivity index (χ4v) is 4.02. The molecule has 3 rings (SSSR count). The Morgan fingerprint density at radius 2 is 1.88 bits per heavy atom. The molecule has 1 saturated carbocycles. The summed E-state index contributed by atoms with van der Waals surface area (Å²) in [5, 5.41) is 6.89. The standard InChI is InChI=1S/C24H40FN5O.HI/c1-17(2)22(30-12-10-29(5)11-13-30)15-27-24(26-4)28-18(3)20-8-9-23(21(25)14-20)31-16-19-6-7-19;/h8-9,14,17-19,22H,6-7,10-13,15-16H2,1-5H3,(H2,26,27,28);1H. The molecule has 8 heteroatoms. The molecule has 1 aliphatic heterocycles. The molecule has 1 saturated heterocycles. The summed E-state index contributed by atoms with van der Waals surface area (Å²) in [7, 11) is 3.96. The van der Waals surface area contributed by atoms with Gasteiger partial charge in [-0.25, -0.2) is 4.39 Å². The van der Waals surface area contributed by atoms with E-state index in [1.807, 2.05) is 13.0 Å². The van der Waals surface area contributed by atoms with E-state index in [1.165, 1.54) is 12.8 Å². The zero-order valence-electron chi connectivity index (χ0n) is 20.2. The molecule has 2 atom stereocenters. The fourth-order valence-electron chi connectivity index (χ4n) is 4.02. The third kappa shape index (κ3) is 8.02. The number of piperazine rings is 1. The lowest BCUT2D eigenvalue weighted by atomic mass is 10.0. The van der Waals surface area contributed by atoms with Gasteiger partial charge < -0.3 is 20.3 Å². The van der Waals surface area contributed by atoms with Crippen molar-refractivity contribution in [3.63, 3.8) is 0 Å². The van der Waals surface area contributed by atoms with Crippen LogP contribution in [0.25, 0.3) is 0 Å². The van der Waals surface area contributed by atoms with E-state index in [2.05, 4.69) is 46.3 Å². The van der Waals surface area contributed by atoms with E-state index >= 15 is 0 Å². The molecule has 182 valence electrons. The van der Waals surface area contributed by atoms with Crippen LogP contribution in [0.5, 0.6) is 5.75 Å². The van der Waals surface area contributed by atoms with Crippen molar-refractivity contribution >= 4 is 29.9 Å². The quantitative estimate of drug-likeness (QED) is 0.274. The third-order valence-corrected chi connectivity index (χ3v) is 6.46. The van der Waals surface area contributed by atoms with Crippen LogP contribution in [0.4, 0.5) is 4.39 Å². The molecule has 1 aliphatic carbocycles. The van der Waals surface area contributed by atoms with E-state index in [-0.39, 0.29) is 35.8 Å². The summed E-state index contributed by atoms with van der Waals surface area (Å²) in [5.74, 6) is 1.93. The Morgan fingerprint density at radius 1 is 1.19 bits per heavy atom. The van der Waals surface area contributed by atoms with Gasteiger partial charge in [0.25, 0.3) is 0 Å². The van der Waals surface area contributed by atoms with Gasteiger partial charge in [-0.15, -0.1) is 24.0 Å². The third-order valence-electron chi connectivity index (χ3n) is 6.46. The fraction of sp³-hybridized carbons (Fsp3) is 0.708. The molecule has 6 nitrogen and oxygen atoms in total. The molecule has 0 bridgehead atoms. The van der Waals surface area contributed by atoms with E-state index in [4.69, 9.17) is 4.74 Å². The Kier molecular flexibility index (Phi) is 11.0. The molecule has 0 amide bonds. The molecule has 1 heterocycles. The largest absolute Gasteiger partial charge is 0.490 e. The maximum Gasteiger partial charge on any atom is 0.191 e. The van der Waals surface area contributed by atoms with Gasteiger partial charge in [0.15, 0.2) is 17.5 Å². The predicted octanol–water partition coefficient (Wildman–Crippen LogP) is 3.73. The van der Waals surface area contributed by atoms with Crippen LogP contribution in [0.1, 0.15) is 45.2 Å². The summed E-state index contributed by atoms with van der Waals surface area (Å²) >= 11 is 0. The first-order valence-electron chi connectivity index (χ1n) is 11.7. The van der Waals surface area contributed by atoms with Gasteiger partial charge in [0.05, 0.1) is 12.6 Å². The van der Waals surface area contributed by atoms with Gasteiger partial charge in [-0.05, 0) is 56.3 Å². The van der Waals surface area contributed by atoms with Crippen molar-refractivity contribution in [2.45, 2.75) is 45.7 Å². The number of guanidine groups is 1. The molecule has 0 radical (unpaired) electrons. The number of ether oxygens (including phenoxy) is 1. The van der Waals surface area contributed by atoms with Crippen LogP contribution in [0.3, 0.4) is 0 Å². The monoisotopic (exact) mass is 561 g/mol. The zero-order valence-corrected chi connectivity index (χ0v) is 22.6. The topological polar surface area (TPSA) is 52.1 Å². The van der Waals surface area contributed by atoms with E-state index in [0.717, 1.165) is 44.2 Å². The molecule has 2 aliphatic rings. The second kappa shape index (κ2) is 12.9. The number of benzene rings is 1. The lowest BCUT2D eigenvalue weighted by Crippen LogP contribution is -2.55. The molecule has 1 aromatic carbocycles. The summed E-state index contributed by atoms with van der Waals surface area (Å²) in [6, 6.07) is 5.61. The average molecular weight is 562 g/mol. The molecule has 32 heavy (non-hydrogen) atoms. The average Bonchev–Trinajstić information content (AvgIpc) is 3.57. The van der Waals surface area contributed by atoms with E-state index in [0.29, 0.717) is 30.2 Å². The molecule has 1 aromatic rings. The number of likely N-dealkylation sites (N-methyl/N-ethyl adjacent to an activating group) is 1. The highest BCUT2D eigenvalue weighted by molar-refractivity contribution is 14.0. The Labute approximate surface area is 210 Å². The first-order valence-corrected chi connectivity index (χ1v) is 11.7. The van der Waals surface area contributed by atoms with Crippen LogP contribution >= 0.6 is 24.0 Å². The number of nitrogens with zero attached hydrogens (tertiary/aromatic N) is 3. The molecule has 2 unspecified atom stereocenters. The Morgan fingerprint density at radius 3 is 2.44 bits per heavy atom. The first-order chi connectivity index (χ1) is 14.9. The number of aliphatic imine (C=N–C) groups is 1. The van der Waals surface area contributed by atoms with Gasteiger partial charge in [-0.2, -0.15) is 0 Å². The minimum atomic E-state index is -0.301. The maximum atomic E-state index is 14.5. The number of hydrogen-bond donors (Lipinski definition) is 2. The van der Waals surface area contributed by atoms with Gasteiger partial charge >= 0.3 is 0 Å². The number of rotatable bonds is 9. The van der Waals surface area contributed by atoms with Crippen molar-refractivity contribution in [2.75, 3.05) is 53.4 Å². The summed E-state index contributed by atoms with van der Waals surface area (Å²) in [6.07, 6.45) is 2.39. The van der Waals surface area contributed by atoms with Crippen LogP contribution in [-0.4, -0.2) is 75.2 Å². The van der Waals surface area contributed by atoms with Gasteiger partial charge in [0, 0.05) is 45.8 Å². The lowest BCUT2D eigenvalue weighted by Gasteiger charge is -2.40. The van der Waals surface area contributed by atoms with Crippen molar-refractivity contribution < 1.29 is 9.13 Å². The summed E-state index contributed by atoms with van der Waals surface area (Å²) in [4.78, 5) is 9.34. The molecular formula is C24H41FIN5O. The Hall–Kier alpha value is -1.13. The van der Waals surface area contributed by atoms with Gasteiger partial charge in [0.1, 0.15) is 0 Å². The van der Waals surface area contributed by atoms with Crippen LogP contribution in [0.15, 0.2) is 23.2 Å². The predicted molar refractivity (Wildman–Crippen MR) is 141 cm³/mol. The van der Waals surface area contributed by atoms with Gasteiger partial charge in [-0.1, -0.05) is 19.9 Å². The number of halogens is 2. The highest BCUT2D eigenvalue weighted by Crippen LogP contribution is 2.30. The van der Waals surface area contributed by atoms with Gasteiger partial charge in [0.2, 0.25) is 0 Å². The SMILES string of the molecule is CN=C(NCC(C(C)C)N1CCN(C)CC1)NC(C)c1ccc(OCC2CC2)c(F)c1.I. The normalized spacial score (nSPS) is 19.9. The Bertz CT molecular complexity index is 735. The van der Waals surface area contributed by atoms with Crippen molar-refractivity contribution in [2.24, 2.45) is 16.8 Å². The van der Waals surface area contributed by atoms with Crippen LogP contribution in [-0.2, 0) is 0 Å². The van der Waals surface area contributed by atoms with Gasteiger partial charge in [-0.3, -0.25) is 9.89 Å². The second-order valence-corrected chi connectivity index (χ2v) is 9.41. The maximum absolute atomic E-state index is 14.5. The van der Waals surface area contributed by atoms with Crippen LogP contribution < -0.4 is 15.4 Å². The molecule has 2 N–H and O–H groups in total. The molecule has 0 spiro atoms. The first kappa shape index (κ1) is 27.1. The molecular weight excluding hydrogens is 520 g/mol. The van der Waals surface area contributed by atoms with Crippen LogP contribution in [0, 0.1) is 17.7 Å². The number of nitrogens with one attached hydrogen (secondary N) is 2. The van der Waals surface area contributed by atoms with E-state index in [9.17, 15) is 4.39 Å². The zero-order chi connectivity index (χ0) is 22.4. The lowest BCUT2D eigenvalue weighted by molar-refractivity contribution is 0.0900. The summed E-state index contributed by atoms with van der Waals surface area (Å²) in [5.41, 5.74) is 0.874. The molecule has 0 aromatic heterocycles. The summed E-state index contributed by atoms with van der Waals surface area (Å²) in [6.45, 7) is 12.4. The highest BCUT2D eigenvalue weighted by atomic mass is 127.